The molecule has 31 nitrogen and oxygen atoms in total. The predicted molar refractivity (Wildman–Crippen MR) is 216 cm³/mol. The second kappa shape index (κ2) is 31.0. The van der Waals surface area contributed by atoms with Crippen molar-refractivity contribution in [2.75, 3.05) is 19.6 Å². The number of nitrogens with one attached hydrogen (secondary N) is 8. The summed E-state index contributed by atoms with van der Waals surface area (Å²) in [4.78, 5) is 182. The second-order valence-corrected chi connectivity index (χ2v) is 14.1. The predicted octanol–water partition coefficient (Wildman–Crippen LogP) is -6.64. The highest BCUT2D eigenvalue weighted by molar-refractivity contribution is 5.97. The monoisotopic (exact) mass is 963 g/mol. The lowest BCUT2D eigenvalue weighted by atomic mass is 10.1. The van der Waals surface area contributed by atoms with Crippen LogP contribution in [0.2, 0.25) is 0 Å². The highest BCUT2D eigenvalue weighted by atomic mass is 16.4. The molecule has 6 atom stereocenters. The van der Waals surface area contributed by atoms with E-state index < -0.39 is 222 Å². The molecular formula is C36H53N9O22. The van der Waals surface area contributed by atoms with Gasteiger partial charge >= 0.3 is 41.8 Å². The Bertz CT molecular complexity index is 1880. The molecule has 17 N–H and O–H groups in total. The Morgan fingerprint density at radius 3 is 0.806 bits per heavy atom. The molecule has 0 saturated heterocycles. The topological polar surface area (TPSA) is 520 Å². The quantitative estimate of drug-likeness (QED) is 0.0281. The third-order valence-electron chi connectivity index (χ3n) is 8.75. The molecule has 0 aromatic heterocycles. The zero-order valence-electron chi connectivity index (χ0n) is 35.4. The molecule has 0 aromatic rings. The molecule has 0 aliphatic heterocycles. The van der Waals surface area contributed by atoms with E-state index in [2.05, 4.69) is 31.9 Å². The third kappa shape index (κ3) is 27.1. The van der Waals surface area contributed by atoms with Gasteiger partial charge in [0.25, 0.3) is 0 Å². The van der Waals surface area contributed by atoms with Crippen LogP contribution < -0.4 is 48.3 Å². The van der Waals surface area contributed by atoms with Crippen molar-refractivity contribution < 1.29 is 108 Å². The van der Waals surface area contributed by atoms with Crippen LogP contribution in [-0.2, 0) is 71.9 Å². The Balaban J connectivity index is 6.21. The average Bonchev–Trinajstić information content (AvgIpc) is 3.23. The van der Waals surface area contributed by atoms with E-state index in [1.54, 1.807) is 0 Å². The Morgan fingerprint density at radius 2 is 0.537 bits per heavy atom. The van der Waals surface area contributed by atoms with Crippen molar-refractivity contribution >= 4 is 89.0 Å². The van der Waals surface area contributed by atoms with E-state index in [4.69, 9.17) is 21.1 Å². The van der Waals surface area contributed by atoms with E-state index >= 15 is 0 Å². The Labute approximate surface area is 377 Å². The highest BCUT2D eigenvalue weighted by Crippen LogP contribution is 2.07. The molecule has 0 rings (SSSR count). The van der Waals surface area contributed by atoms with E-state index in [9.17, 15) is 92.3 Å². The number of carboxylic acid groups (broad SMARTS) is 7. The average molecular weight is 964 g/mol. The number of amides is 8. The van der Waals surface area contributed by atoms with E-state index in [-0.39, 0.29) is 0 Å². The van der Waals surface area contributed by atoms with Gasteiger partial charge in [-0.05, 0) is 38.5 Å². The maximum atomic E-state index is 13.5. The number of hydrogen-bond acceptors (Lipinski definition) is 16. The normalized spacial score (nSPS) is 13.2. The molecular weight excluding hydrogens is 910 g/mol. The fourth-order valence-electron chi connectivity index (χ4n) is 5.35. The molecule has 0 aromatic carbocycles. The van der Waals surface area contributed by atoms with Crippen molar-refractivity contribution in [2.24, 2.45) is 5.73 Å². The number of hydrogen-bond donors (Lipinski definition) is 16. The minimum absolute atomic E-state index is 0.430. The molecule has 0 aliphatic carbocycles. The molecule has 0 bridgehead atoms. The molecule has 0 radical (unpaired) electrons. The number of nitrogens with two attached hydrogens (primary N) is 1. The number of rotatable bonds is 35. The molecule has 0 unspecified atom stereocenters. The number of aliphatic carboxylic acids is 7. The minimum Gasteiger partial charge on any atom is -0.481 e. The summed E-state index contributed by atoms with van der Waals surface area (Å²) in [6.45, 7) is -2.57. The molecule has 0 heterocycles. The maximum absolute atomic E-state index is 13.5. The highest BCUT2D eigenvalue weighted by Gasteiger charge is 2.32. The van der Waals surface area contributed by atoms with Crippen LogP contribution in [0.3, 0.4) is 0 Å². The van der Waals surface area contributed by atoms with Gasteiger partial charge in [-0.25, -0.2) is 4.79 Å². The number of carbonyl (C=O) groups excluding carboxylic acids is 8. The van der Waals surface area contributed by atoms with Crippen molar-refractivity contribution in [3.63, 3.8) is 0 Å². The third-order valence-corrected chi connectivity index (χ3v) is 8.75. The lowest BCUT2D eigenvalue weighted by molar-refractivity contribution is -0.144. The fourth-order valence-corrected chi connectivity index (χ4v) is 5.35. The largest absolute Gasteiger partial charge is 0.481 e. The molecule has 67 heavy (non-hydrogen) atoms. The van der Waals surface area contributed by atoms with Crippen LogP contribution in [0.1, 0.15) is 77.0 Å². The lowest BCUT2D eigenvalue weighted by Crippen LogP contribution is -2.58. The number of carbonyl (C=O) groups is 15. The van der Waals surface area contributed by atoms with E-state index in [0.717, 1.165) is 0 Å². The van der Waals surface area contributed by atoms with Crippen molar-refractivity contribution in [2.45, 2.75) is 113 Å². The first-order chi connectivity index (χ1) is 31.2. The number of carboxylic acids is 7. The van der Waals surface area contributed by atoms with Crippen LogP contribution >= 0.6 is 0 Å². The first kappa shape index (κ1) is 59.0. The van der Waals surface area contributed by atoms with Gasteiger partial charge in [-0.15, -0.1) is 0 Å². The SMILES string of the molecule is NCC(=O)N[C@@H](CCC(=O)O)C(=O)NCC(=O)N[C@@H](CCC(=O)O)C(=O)N[C@@H](CCC(=O)O)C(=O)N[C@@H](CCC(=O)O)C(=O)NCC(=O)N[C@@H](CCC(=O)O)C(=O)N[C@@H](CCC(=O)O)C(=O)O. The summed E-state index contributed by atoms with van der Waals surface area (Å²) in [5.41, 5.74) is 5.21. The van der Waals surface area contributed by atoms with Crippen molar-refractivity contribution in [3.8, 4) is 0 Å². The Kier molecular flexibility index (Phi) is 27.3. The van der Waals surface area contributed by atoms with Crippen LogP contribution in [0.15, 0.2) is 0 Å². The summed E-state index contributed by atoms with van der Waals surface area (Å²) >= 11 is 0. The van der Waals surface area contributed by atoms with Gasteiger partial charge in [0.05, 0.1) is 19.6 Å². The second-order valence-electron chi connectivity index (χ2n) is 14.1. The first-order valence-electron chi connectivity index (χ1n) is 19.8. The van der Waals surface area contributed by atoms with Gasteiger partial charge in [0.2, 0.25) is 47.3 Å². The van der Waals surface area contributed by atoms with Crippen LogP contribution in [0.25, 0.3) is 0 Å². The smallest absolute Gasteiger partial charge is 0.326 e. The summed E-state index contributed by atoms with van der Waals surface area (Å²) in [5.74, 6) is -19.8. The lowest BCUT2D eigenvalue weighted by Gasteiger charge is -2.25. The standard InChI is InChI=1S/C36H53N9O22/c37-13-22(46)40-16(1-7-25(49)50)31(61)38-14-23(47)41-18(3-9-27(53)54)33(63)44-20(5-11-29(57)58)35(65)43-17(2-8-26(51)52)32(62)39-15-24(48)42-19(4-10-28(55)56)34(64)45-21(36(66)67)6-12-30(59)60/h16-21H,1-15,37H2,(H,38,61)(H,39,62)(H,40,46)(H,41,47)(H,42,48)(H,43,65)(H,44,63)(H,45,64)(H,49,50)(H,51,52)(H,53,54)(H,55,56)(H,57,58)(H,59,60)(H,66,67)/t16-,17-,18-,19-,20-,21-/m0/s1. The molecule has 374 valence electrons. The van der Waals surface area contributed by atoms with Gasteiger partial charge in [-0.3, -0.25) is 67.1 Å². The Hall–Kier alpha value is -7.99. The van der Waals surface area contributed by atoms with Crippen molar-refractivity contribution in [1.82, 2.24) is 42.5 Å². The molecule has 0 spiro atoms. The zero-order valence-corrected chi connectivity index (χ0v) is 35.4. The summed E-state index contributed by atoms with van der Waals surface area (Å²) in [6.07, 6.45) is -8.25. The van der Waals surface area contributed by atoms with Gasteiger partial charge in [0.1, 0.15) is 36.3 Å². The van der Waals surface area contributed by atoms with Crippen LogP contribution in [0.4, 0.5) is 0 Å². The fraction of sp³-hybridized carbons (Fsp3) is 0.583. The van der Waals surface area contributed by atoms with Gasteiger partial charge in [0, 0.05) is 38.5 Å². The summed E-state index contributed by atoms with van der Waals surface area (Å²) < 4.78 is 0. The molecule has 8 amide bonds. The summed E-state index contributed by atoms with van der Waals surface area (Å²) in [7, 11) is 0. The molecule has 0 saturated carbocycles. The summed E-state index contributed by atoms with van der Waals surface area (Å²) in [6, 6.07) is -10.6. The van der Waals surface area contributed by atoms with Gasteiger partial charge < -0.3 is 84.0 Å². The summed E-state index contributed by atoms with van der Waals surface area (Å²) in [5, 5.41) is 80.6. The molecule has 0 aliphatic rings. The molecule has 31 heteroatoms. The van der Waals surface area contributed by atoms with Crippen LogP contribution in [-0.4, -0.2) is 181 Å². The van der Waals surface area contributed by atoms with Crippen molar-refractivity contribution in [1.29, 1.82) is 0 Å². The zero-order chi connectivity index (χ0) is 51.4. The Morgan fingerprint density at radius 1 is 0.313 bits per heavy atom. The minimum atomic E-state index is -1.91. The van der Waals surface area contributed by atoms with Gasteiger partial charge in [0.15, 0.2) is 0 Å². The van der Waals surface area contributed by atoms with Crippen LogP contribution in [0.5, 0.6) is 0 Å². The maximum Gasteiger partial charge on any atom is 0.326 e. The van der Waals surface area contributed by atoms with Crippen LogP contribution in [0, 0.1) is 0 Å². The van der Waals surface area contributed by atoms with Gasteiger partial charge in [-0.2, -0.15) is 0 Å². The van der Waals surface area contributed by atoms with Crippen molar-refractivity contribution in [3.05, 3.63) is 0 Å². The van der Waals surface area contributed by atoms with E-state index in [1.807, 2.05) is 10.6 Å². The van der Waals surface area contributed by atoms with E-state index in [1.165, 1.54) is 0 Å². The molecule has 0 fully saturated rings. The van der Waals surface area contributed by atoms with Gasteiger partial charge in [-0.1, -0.05) is 0 Å². The van der Waals surface area contributed by atoms with E-state index in [0.29, 0.717) is 0 Å². The first-order valence-corrected chi connectivity index (χ1v) is 19.8.